The Balaban J connectivity index is 2.33. The molecule has 0 spiro atoms. The van der Waals surface area contributed by atoms with E-state index in [1.54, 1.807) is 44.4 Å². The summed E-state index contributed by atoms with van der Waals surface area (Å²) in [5.74, 6) is -0.931. The van der Waals surface area contributed by atoms with Crippen LogP contribution in [0.25, 0.3) is 0 Å². The van der Waals surface area contributed by atoms with Crippen LogP contribution in [0.15, 0.2) is 48.7 Å². The third kappa shape index (κ3) is 4.56. The van der Waals surface area contributed by atoms with Crippen molar-refractivity contribution in [1.82, 2.24) is 9.88 Å². The first-order valence-electron chi connectivity index (χ1n) is 7.30. The molecule has 8 heteroatoms. The number of benzene rings is 1. The average molecular weight is 351 g/mol. The van der Waals surface area contributed by atoms with Gasteiger partial charge in [0, 0.05) is 26.0 Å². The Bertz CT molecular complexity index is 744. The van der Waals surface area contributed by atoms with Gasteiger partial charge in [-0.15, -0.1) is 0 Å². The second kappa shape index (κ2) is 7.33. The fourth-order valence-corrected chi connectivity index (χ4v) is 2.01. The average Bonchev–Trinajstić information content (AvgIpc) is 2.59. The zero-order valence-corrected chi connectivity index (χ0v) is 13.6. The minimum absolute atomic E-state index is 0.0385. The summed E-state index contributed by atoms with van der Waals surface area (Å²) >= 11 is 0. The molecule has 0 atom stereocenters. The number of aromatic nitrogens is 1. The summed E-state index contributed by atoms with van der Waals surface area (Å²) in [5.41, 5.74) is -0.661. The molecule has 1 aromatic heterocycles. The lowest BCUT2D eigenvalue weighted by molar-refractivity contribution is -0.141. The van der Waals surface area contributed by atoms with Crippen LogP contribution < -0.4 is 4.90 Å². The molecule has 132 valence electrons. The summed E-state index contributed by atoms with van der Waals surface area (Å²) in [6.45, 7) is -0.239. The van der Waals surface area contributed by atoms with E-state index in [0.717, 1.165) is 18.3 Å². The van der Waals surface area contributed by atoms with Crippen molar-refractivity contribution in [1.29, 1.82) is 0 Å². The van der Waals surface area contributed by atoms with Crippen LogP contribution >= 0.6 is 0 Å². The molecule has 0 bridgehead atoms. The SMILES string of the molecule is CN(C)C(=O)CN(C(=O)c1ccc(C(F)(F)F)nc1)c1ccccc1. The number of alkyl halides is 3. The standard InChI is InChI=1S/C17H16F3N3O2/c1-22(2)15(24)11-23(13-6-4-3-5-7-13)16(25)12-8-9-14(21-10-12)17(18,19)20/h3-10H,11H2,1-2H3. The van der Waals surface area contributed by atoms with Crippen molar-refractivity contribution in [2.75, 3.05) is 25.5 Å². The lowest BCUT2D eigenvalue weighted by atomic mass is 10.2. The normalized spacial score (nSPS) is 11.1. The molecular formula is C17H16F3N3O2. The van der Waals surface area contributed by atoms with Crippen molar-refractivity contribution in [2.24, 2.45) is 0 Å². The molecule has 0 radical (unpaired) electrons. The zero-order chi connectivity index (χ0) is 18.6. The smallest absolute Gasteiger partial charge is 0.347 e. The van der Waals surface area contributed by atoms with Gasteiger partial charge in [0.05, 0.1) is 5.56 Å². The monoisotopic (exact) mass is 351 g/mol. The Kier molecular flexibility index (Phi) is 5.41. The largest absolute Gasteiger partial charge is 0.433 e. The van der Waals surface area contributed by atoms with Gasteiger partial charge in [0.25, 0.3) is 5.91 Å². The summed E-state index contributed by atoms with van der Waals surface area (Å²) in [6, 6.07) is 10.2. The summed E-state index contributed by atoms with van der Waals surface area (Å²) in [4.78, 5) is 30.5. The molecule has 25 heavy (non-hydrogen) atoms. The van der Waals surface area contributed by atoms with Crippen molar-refractivity contribution in [3.8, 4) is 0 Å². The van der Waals surface area contributed by atoms with Crippen LogP contribution in [-0.2, 0) is 11.0 Å². The number of amides is 2. The third-order valence-corrected chi connectivity index (χ3v) is 3.41. The van der Waals surface area contributed by atoms with Crippen molar-refractivity contribution in [3.05, 3.63) is 59.9 Å². The van der Waals surface area contributed by atoms with E-state index >= 15 is 0 Å². The van der Waals surface area contributed by atoms with Crippen LogP contribution in [0.1, 0.15) is 16.1 Å². The predicted octanol–water partition coefficient (Wildman–Crippen LogP) is 2.84. The van der Waals surface area contributed by atoms with Gasteiger partial charge in [-0.2, -0.15) is 13.2 Å². The minimum atomic E-state index is -4.58. The summed E-state index contributed by atoms with van der Waals surface area (Å²) in [5, 5.41) is 0. The molecule has 1 aromatic carbocycles. The predicted molar refractivity (Wildman–Crippen MR) is 86.1 cm³/mol. The molecule has 1 heterocycles. The molecule has 0 N–H and O–H groups in total. The first kappa shape index (κ1) is 18.4. The number of anilines is 1. The van der Waals surface area contributed by atoms with Crippen LogP contribution in [0.3, 0.4) is 0 Å². The van der Waals surface area contributed by atoms with Crippen LogP contribution in [0.4, 0.5) is 18.9 Å². The first-order chi connectivity index (χ1) is 11.7. The third-order valence-electron chi connectivity index (χ3n) is 3.41. The van der Waals surface area contributed by atoms with Crippen molar-refractivity contribution >= 4 is 17.5 Å². The second-order valence-corrected chi connectivity index (χ2v) is 5.44. The highest BCUT2D eigenvalue weighted by molar-refractivity contribution is 6.08. The minimum Gasteiger partial charge on any atom is -0.347 e. The maximum atomic E-state index is 12.7. The fourth-order valence-electron chi connectivity index (χ4n) is 2.01. The molecule has 0 aliphatic heterocycles. The van der Waals surface area contributed by atoms with E-state index in [9.17, 15) is 22.8 Å². The maximum absolute atomic E-state index is 12.7. The van der Waals surface area contributed by atoms with Gasteiger partial charge in [0.15, 0.2) is 0 Å². The highest BCUT2D eigenvalue weighted by Crippen LogP contribution is 2.27. The molecule has 0 saturated heterocycles. The Labute approximate surface area is 142 Å². The van der Waals surface area contributed by atoms with Gasteiger partial charge in [0.1, 0.15) is 12.2 Å². The number of nitrogens with zero attached hydrogens (tertiary/aromatic N) is 3. The molecular weight excluding hydrogens is 335 g/mol. The van der Waals surface area contributed by atoms with Crippen molar-refractivity contribution < 1.29 is 22.8 Å². The lowest BCUT2D eigenvalue weighted by Crippen LogP contribution is -2.40. The van der Waals surface area contributed by atoms with E-state index in [1.807, 2.05) is 0 Å². The van der Waals surface area contributed by atoms with E-state index < -0.39 is 17.8 Å². The molecule has 2 aromatic rings. The molecule has 2 rings (SSSR count). The van der Waals surface area contributed by atoms with Gasteiger partial charge in [0.2, 0.25) is 5.91 Å². The van der Waals surface area contributed by atoms with Crippen LogP contribution in [0.5, 0.6) is 0 Å². The maximum Gasteiger partial charge on any atom is 0.433 e. The molecule has 0 aliphatic rings. The number of halogens is 3. The second-order valence-electron chi connectivity index (χ2n) is 5.44. The molecule has 0 aliphatic carbocycles. The molecule has 0 fully saturated rings. The Morgan fingerprint density at radius 3 is 2.16 bits per heavy atom. The lowest BCUT2D eigenvalue weighted by Gasteiger charge is -2.24. The zero-order valence-electron chi connectivity index (χ0n) is 13.6. The van der Waals surface area contributed by atoms with Crippen molar-refractivity contribution in [3.63, 3.8) is 0 Å². The summed E-state index contributed by atoms with van der Waals surface area (Å²) < 4.78 is 37.8. The Morgan fingerprint density at radius 1 is 1.04 bits per heavy atom. The van der Waals surface area contributed by atoms with Gasteiger partial charge in [-0.3, -0.25) is 19.5 Å². The number of carbonyl (C=O) groups is 2. The number of likely N-dealkylation sites (N-methyl/N-ethyl adjacent to an activating group) is 1. The Morgan fingerprint density at radius 2 is 1.68 bits per heavy atom. The quantitative estimate of drug-likeness (QED) is 0.851. The van der Waals surface area contributed by atoms with Gasteiger partial charge < -0.3 is 4.90 Å². The molecule has 2 amide bonds. The van der Waals surface area contributed by atoms with Gasteiger partial charge in [-0.25, -0.2) is 0 Å². The number of para-hydroxylation sites is 1. The molecule has 0 saturated carbocycles. The van der Waals surface area contributed by atoms with Crippen LogP contribution in [-0.4, -0.2) is 42.3 Å². The highest BCUT2D eigenvalue weighted by atomic mass is 19.4. The number of rotatable bonds is 4. The highest BCUT2D eigenvalue weighted by Gasteiger charge is 2.32. The number of carbonyl (C=O) groups excluding carboxylic acids is 2. The van der Waals surface area contributed by atoms with Gasteiger partial charge >= 0.3 is 6.18 Å². The van der Waals surface area contributed by atoms with Crippen LogP contribution in [0.2, 0.25) is 0 Å². The summed E-state index contributed by atoms with van der Waals surface area (Å²) in [6.07, 6.45) is -3.72. The number of pyridine rings is 1. The van der Waals surface area contributed by atoms with E-state index in [-0.39, 0.29) is 18.0 Å². The molecule has 5 nitrogen and oxygen atoms in total. The number of hydrogen-bond acceptors (Lipinski definition) is 3. The van der Waals surface area contributed by atoms with Gasteiger partial charge in [-0.05, 0) is 24.3 Å². The number of hydrogen-bond donors (Lipinski definition) is 0. The molecule has 0 unspecified atom stereocenters. The van der Waals surface area contributed by atoms with E-state index in [1.165, 1.54) is 9.80 Å². The topological polar surface area (TPSA) is 53.5 Å². The summed E-state index contributed by atoms with van der Waals surface area (Å²) in [7, 11) is 3.10. The Hall–Kier alpha value is -2.90. The first-order valence-corrected chi connectivity index (χ1v) is 7.30. The van der Waals surface area contributed by atoms with Crippen LogP contribution in [0, 0.1) is 0 Å². The van der Waals surface area contributed by atoms with E-state index in [2.05, 4.69) is 4.98 Å². The van der Waals surface area contributed by atoms with E-state index in [4.69, 9.17) is 0 Å². The van der Waals surface area contributed by atoms with E-state index in [0.29, 0.717) is 5.69 Å². The van der Waals surface area contributed by atoms with Gasteiger partial charge in [-0.1, -0.05) is 18.2 Å². The van der Waals surface area contributed by atoms with Crippen molar-refractivity contribution in [2.45, 2.75) is 6.18 Å². The fraction of sp³-hybridized carbons (Fsp3) is 0.235.